The summed E-state index contributed by atoms with van der Waals surface area (Å²) in [6.45, 7) is 1.95. The molecule has 1 saturated carbocycles. The maximum atomic E-state index is 12.5. The van der Waals surface area contributed by atoms with Gasteiger partial charge >= 0.3 is 0 Å². The standard InChI is InChI=1S/C15H21ClN2O/c1-10-7-11(9-12(16)8-10)15(19)18(2)14-5-3-13(17)4-6-14/h7-9,13-14H,3-6,17H2,1-2H3. The third kappa shape index (κ3) is 3.48. The van der Waals surface area contributed by atoms with Crippen molar-refractivity contribution < 1.29 is 4.79 Å². The summed E-state index contributed by atoms with van der Waals surface area (Å²) in [6, 6.07) is 6.08. The summed E-state index contributed by atoms with van der Waals surface area (Å²) in [5.41, 5.74) is 7.58. The molecule has 1 aromatic carbocycles. The lowest BCUT2D eigenvalue weighted by Gasteiger charge is -2.33. The number of rotatable bonds is 2. The number of nitrogens with two attached hydrogens (primary N) is 1. The molecule has 2 rings (SSSR count). The average Bonchev–Trinajstić information content (AvgIpc) is 2.37. The van der Waals surface area contributed by atoms with Gasteiger partial charge in [0.25, 0.3) is 5.91 Å². The van der Waals surface area contributed by atoms with Gasteiger partial charge in [-0.15, -0.1) is 0 Å². The molecule has 1 aromatic rings. The van der Waals surface area contributed by atoms with Gasteiger partial charge in [0.15, 0.2) is 0 Å². The average molecular weight is 281 g/mol. The molecule has 0 unspecified atom stereocenters. The Morgan fingerprint density at radius 2 is 1.89 bits per heavy atom. The van der Waals surface area contributed by atoms with Crippen LogP contribution in [0.2, 0.25) is 5.02 Å². The van der Waals surface area contributed by atoms with E-state index in [2.05, 4.69) is 0 Å². The summed E-state index contributed by atoms with van der Waals surface area (Å²) in [5, 5.41) is 0.613. The lowest BCUT2D eigenvalue weighted by atomic mass is 9.90. The first kappa shape index (κ1) is 14.4. The third-order valence-electron chi connectivity index (χ3n) is 3.90. The minimum absolute atomic E-state index is 0.0473. The van der Waals surface area contributed by atoms with Crippen LogP contribution in [-0.4, -0.2) is 29.9 Å². The van der Waals surface area contributed by atoms with Crippen LogP contribution in [0, 0.1) is 6.92 Å². The third-order valence-corrected chi connectivity index (χ3v) is 4.12. The van der Waals surface area contributed by atoms with Crippen LogP contribution in [-0.2, 0) is 0 Å². The van der Waals surface area contributed by atoms with Crippen molar-refractivity contribution >= 4 is 17.5 Å². The summed E-state index contributed by atoms with van der Waals surface area (Å²) in [5.74, 6) is 0.0473. The molecule has 0 heterocycles. The van der Waals surface area contributed by atoms with Gasteiger partial charge in [-0.05, 0) is 56.4 Å². The SMILES string of the molecule is Cc1cc(Cl)cc(C(=O)N(C)C2CCC(N)CC2)c1. The number of aryl methyl sites for hydroxylation is 1. The Labute approximate surface area is 119 Å². The molecule has 0 radical (unpaired) electrons. The van der Waals surface area contributed by atoms with E-state index in [1.165, 1.54) is 0 Å². The summed E-state index contributed by atoms with van der Waals surface area (Å²) < 4.78 is 0. The zero-order valence-electron chi connectivity index (χ0n) is 11.5. The zero-order valence-corrected chi connectivity index (χ0v) is 12.3. The Morgan fingerprint density at radius 3 is 2.47 bits per heavy atom. The summed E-state index contributed by atoms with van der Waals surface area (Å²) >= 11 is 6.02. The number of carbonyl (C=O) groups is 1. The Kier molecular flexibility index (Phi) is 4.48. The molecule has 0 bridgehead atoms. The maximum Gasteiger partial charge on any atom is 0.253 e. The molecular formula is C15H21ClN2O. The Hall–Kier alpha value is -1.06. The fourth-order valence-corrected chi connectivity index (χ4v) is 3.01. The number of amides is 1. The molecule has 0 aromatic heterocycles. The topological polar surface area (TPSA) is 46.3 Å². The molecule has 2 N–H and O–H groups in total. The monoisotopic (exact) mass is 280 g/mol. The molecule has 1 aliphatic carbocycles. The van der Waals surface area contributed by atoms with E-state index in [0.717, 1.165) is 31.2 Å². The number of benzene rings is 1. The van der Waals surface area contributed by atoms with Crippen LogP contribution in [0.5, 0.6) is 0 Å². The molecule has 3 nitrogen and oxygen atoms in total. The lowest BCUT2D eigenvalue weighted by Crippen LogP contribution is -2.41. The highest BCUT2D eigenvalue weighted by molar-refractivity contribution is 6.31. The van der Waals surface area contributed by atoms with E-state index in [9.17, 15) is 4.79 Å². The highest BCUT2D eigenvalue weighted by Gasteiger charge is 2.25. The van der Waals surface area contributed by atoms with Crippen molar-refractivity contribution in [2.45, 2.75) is 44.7 Å². The van der Waals surface area contributed by atoms with Gasteiger partial charge in [-0.1, -0.05) is 11.6 Å². The molecule has 0 atom stereocenters. The van der Waals surface area contributed by atoms with Gasteiger partial charge in [0.2, 0.25) is 0 Å². The molecule has 1 amide bonds. The summed E-state index contributed by atoms with van der Waals surface area (Å²) in [6.07, 6.45) is 3.97. The quantitative estimate of drug-likeness (QED) is 0.905. The first-order chi connectivity index (χ1) is 8.97. The predicted octanol–water partition coefficient (Wildman–Crippen LogP) is 2.99. The van der Waals surface area contributed by atoms with Gasteiger partial charge in [-0.3, -0.25) is 4.79 Å². The van der Waals surface area contributed by atoms with E-state index in [1.807, 2.05) is 31.0 Å². The maximum absolute atomic E-state index is 12.5. The fourth-order valence-electron chi connectivity index (χ4n) is 2.72. The van der Waals surface area contributed by atoms with Crippen molar-refractivity contribution in [3.05, 3.63) is 34.3 Å². The molecule has 1 fully saturated rings. The van der Waals surface area contributed by atoms with E-state index in [0.29, 0.717) is 22.7 Å². The summed E-state index contributed by atoms with van der Waals surface area (Å²) in [7, 11) is 1.88. The van der Waals surface area contributed by atoms with E-state index >= 15 is 0 Å². The molecule has 104 valence electrons. The second-order valence-electron chi connectivity index (χ2n) is 5.50. The second kappa shape index (κ2) is 5.93. The second-order valence-corrected chi connectivity index (χ2v) is 5.94. The number of halogens is 1. The van der Waals surface area contributed by atoms with Crippen molar-refractivity contribution in [3.8, 4) is 0 Å². The molecule has 19 heavy (non-hydrogen) atoms. The van der Waals surface area contributed by atoms with Crippen molar-refractivity contribution in [2.75, 3.05) is 7.05 Å². The molecule has 0 aliphatic heterocycles. The van der Waals surface area contributed by atoms with Crippen LogP contribution in [0.4, 0.5) is 0 Å². The van der Waals surface area contributed by atoms with Crippen LogP contribution in [0.25, 0.3) is 0 Å². The first-order valence-electron chi connectivity index (χ1n) is 6.77. The van der Waals surface area contributed by atoms with E-state index in [1.54, 1.807) is 6.07 Å². The molecular weight excluding hydrogens is 260 g/mol. The minimum Gasteiger partial charge on any atom is -0.339 e. The van der Waals surface area contributed by atoms with Crippen LogP contribution >= 0.6 is 11.6 Å². The summed E-state index contributed by atoms with van der Waals surface area (Å²) in [4.78, 5) is 14.3. The number of nitrogens with zero attached hydrogens (tertiary/aromatic N) is 1. The smallest absolute Gasteiger partial charge is 0.253 e. The van der Waals surface area contributed by atoms with E-state index in [-0.39, 0.29) is 5.91 Å². The van der Waals surface area contributed by atoms with Crippen molar-refractivity contribution in [2.24, 2.45) is 5.73 Å². The normalized spacial score (nSPS) is 23.2. The van der Waals surface area contributed by atoms with Gasteiger partial charge in [0, 0.05) is 29.7 Å². The highest BCUT2D eigenvalue weighted by Crippen LogP contribution is 2.23. The van der Waals surface area contributed by atoms with Gasteiger partial charge < -0.3 is 10.6 Å². The first-order valence-corrected chi connectivity index (χ1v) is 7.15. The van der Waals surface area contributed by atoms with Crippen LogP contribution in [0.3, 0.4) is 0 Å². The Balaban J connectivity index is 2.10. The van der Waals surface area contributed by atoms with Gasteiger partial charge in [-0.25, -0.2) is 0 Å². The highest BCUT2D eigenvalue weighted by atomic mass is 35.5. The molecule has 0 saturated heterocycles. The number of carbonyl (C=O) groups excluding carboxylic acids is 1. The molecule has 4 heteroatoms. The van der Waals surface area contributed by atoms with Crippen LogP contribution < -0.4 is 5.73 Å². The predicted molar refractivity (Wildman–Crippen MR) is 78.5 cm³/mol. The van der Waals surface area contributed by atoms with E-state index < -0.39 is 0 Å². The van der Waals surface area contributed by atoms with Crippen LogP contribution in [0.15, 0.2) is 18.2 Å². The van der Waals surface area contributed by atoms with Gasteiger partial charge in [0.05, 0.1) is 0 Å². The van der Waals surface area contributed by atoms with Gasteiger partial charge in [-0.2, -0.15) is 0 Å². The Morgan fingerprint density at radius 1 is 1.26 bits per heavy atom. The van der Waals surface area contributed by atoms with Crippen molar-refractivity contribution in [1.82, 2.24) is 4.90 Å². The lowest BCUT2D eigenvalue weighted by molar-refractivity contribution is 0.0690. The van der Waals surface area contributed by atoms with Crippen LogP contribution in [0.1, 0.15) is 41.6 Å². The Bertz CT molecular complexity index is 447. The zero-order chi connectivity index (χ0) is 14.0. The van der Waals surface area contributed by atoms with Crippen molar-refractivity contribution in [1.29, 1.82) is 0 Å². The molecule has 0 spiro atoms. The van der Waals surface area contributed by atoms with Crippen molar-refractivity contribution in [3.63, 3.8) is 0 Å². The molecule has 1 aliphatic rings. The van der Waals surface area contributed by atoms with Gasteiger partial charge in [0.1, 0.15) is 0 Å². The minimum atomic E-state index is 0.0473. The largest absolute Gasteiger partial charge is 0.339 e. The fraction of sp³-hybridized carbons (Fsp3) is 0.533. The number of hydrogen-bond donors (Lipinski definition) is 1. The number of hydrogen-bond acceptors (Lipinski definition) is 2. The van der Waals surface area contributed by atoms with E-state index in [4.69, 9.17) is 17.3 Å².